The second kappa shape index (κ2) is 11.2. The van der Waals surface area contributed by atoms with Crippen molar-refractivity contribution in [1.82, 2.24) is 0 Å². The highest BCUT2D eigenvalue weighted by atomic mass is 16.5. The molecule has 4 nitrogen and oxygen atoms in total. The molecule has 0 N–H and O–H groups in total. The molecule has 4 saturated carbocycles. The molecule has 0 aromatic heterocycles. The van der Waals surface area contributed by atoms with E-state index >= 15 is 0 Å². The van der Waals surface area contributed by atoms with E-state index in [-0.39, 0.29) is 28.6 Å². The summed E-state index contributed by atoms with van der Waals surface area (Å²) in [4.78, 5) is 13.0. The van der Waals surface area contributed by atoms with Gasteiger partial charge in [0.2, 0.25) is 0 Å². The Kier molecular flexibility index (Phi) is 8.21. The van der Waals surface area contributed by atoms with Gasteiger partial charge in [-0.3, -0.25) is 4.79 Å². The quantitative estimate of drug-likeness (QED) is 0.206. The lowest BCUT2D eigenvalue weighted by Crippen LogP contribution is -2.44. The predicted molar refractivity (Wildman–Crippen MR) is 138 cm³/mol. The molecule has 5 rings (SSSR count). The SMILES string of the molecule is CCCCCC1CCC(C(=O)Oc2ccc(C34CCC(CCC)(CC3)CC4)c(C#N)c2C#N)CC1. The fourth-order valence-electron chi connectivity index (χ4n) is 7.47. The van der Waals surface area contributed by atoms with Crippen molar-refractivity contribution >= 4 is 5.97 Å². The molecular weight excluding hydrogens is 432 g/mol. The maximum absolute atomic E-state index is 13.0. The van der Waals surface area contributed by atoms with E-state index < -0.39 is 0 Å². The molecular formula is C31H42N2O2. The first kappa shape index (κ1) is 25.8. The maximum atomic E-state index is 13.0. The number of carbonyl (C=O) groups excluding carboxylic acids is 1. The smallest absolute Gasteiger partial charge is 0.314 e. The van der Waals surface area contributed by atoms with Crippen molar-refractivity contribution in [2.75, 3.05) is 0 Å². The summed E-state index contributed by atoms with van der Waals surface area (Å²) in [5, 5.41) is 20.1. The van der Waals surface area contributed by atoms with Crippen molar-refractivity contribution in [2.45, 2.75) is 122 Å². The first-order valence-electron chi connectivity index (χ1n) is 14.2. The van der Waals surface area contributed by atoms with Gasteiger partial charge in [-0.1, -0.05) is 52.0 Å². The monoisotopic (exact) mass is 474 g/mol. The Balaban J connectivity index is 1.46. The van der Waals surface area contributed by atoms with Crippen molar-refractivity contribution in [3.05, 3.63) is 28.8 Å². The minimum Gasteiger partial charge on any atom is -0.425 e. The molecule has 0 unspecified atom stereocenters. The molecule has 2 bridgehead atoms. The van der Waals surface area contributed by atoms with Crippen LogP contribution in [-0.4, -0.2) is 5.97 Å². The van der Waals surface area contributed by atoms with Crippen molar-refractivity contribution < 1.29 is 9.53 Å². The Hall–Kier alpha value is -2.33. The van der Waals surface area contributed by atoms with Gasteiger partial charge in [0.1, 0.15) is 23.5 Å². The number of fused-ring (bicyclic) bond motifs is 3. The molecule has 1 aromatic rings. The lowest BCUT2D eigenvalue weighted by Gasteiger charge is -2.54. The van der Waals surface area contributed by atoms with Crippen LogP contribution in [0.15, 0.2) is 12.1 Å². The second-order valence-electron chi connectivity index (χ2n) is 11.7. The number of rotatable bonds is 9. The van der Waals surface area contributed by atoms with Crippen molar-refractivity contribution in [1.29, 1.82) is 10.5 Å². The van der Waals surface area contributed by atoms with E-state index in [1.165, 1.54) is 57.8 Å². The van der Waals surface area contributed by atoms with Gasteiger partial charge in [-0.05, 0) is 99.0 Å². The van der Waals surface area contributed by atoms with Gasteiger partial charge in [0.05, 0.1) is 11.5 Å². The lowest BCUT2D eigenvalue weighted by atomic mass is 9.50. The first-order valence-corrected chi connectivity index (χ1v) is 14.2. The summed E-state index contributed by atoms with van der Waals surface area (Å²) in [6, 6.07) is 8.34. The summed E-state index contributed by atoms with van der Waals surface area (Å²) in [6.45, 7) is 4.51. The third-order valence-corrected chi connectivity index (χ3v) is 9.75. The number of benzene rings is 1. The second-order valence-corrected chi connectivity index (χ2v) is 11.7. The Labute approximate surface area is 212 Å². The van der Waals surface area contributed by atoms with Crippen LogP contribution in [0.25, 0.3) is 0 Å². The van der Waals surface area contributed by atoms with Gasteiger partial charge in [-0.2, -0.15) is 10.5 Å². The minimum absolute atomic E-state index is 0.00908. The molecule has 35 heavy (non-hydrogen) atoms. The van der Waals surface area contributed by atoms with E-state index in [1.54, 1.807) is 6.07 Å². The van der Waals surface area contributed by atoms with E-state index in [2.05, 4.69) is 26.0 Å². The third kappa shape index (κ3) is 5.28. The van der Waals surface area contributed by atoms with Crippen LogP contribution in [0.4, 0.5) is 0 Å². The molecule has 0 spiro atoms. The van der Waals surface area contributed by atoms with Gasteiger partial charge in [0, 0.05) is 0 Å². The predicted octanol–water partition coefficient (Wildman–Crippen LogP) is 8.11. The molecule has 188 valence electrons. The minimum atomic E-state index is -0.233. The van der Waals surface area contributed by atoms with Gasteiger partial charge in [-0.25, -0.2) is 0 Å². The van der Waals surface area contributed by atoms with Crippen LogP contribution >= 0.6 is 0 Å². The highest BCUT2D eigenvalue weighted by Gasteiger charge is 2.49. The zero-order valence-electron chi connectivity index (χ0n) is 21.8. The summed E-state index contributed by atoms with van der Waals surface area (Å²) in [5.74, 6) is 0.663. The molecule has 0 heterocycles. The largest absolute Gasteiger partial charge is 0.425 e. The molecule has 4 aliphatic carbocycles. The van der Waals surface area contributed by atoms with Crippen LogP contribution in [0.2, 0.25) is 0 Å². The average molecular weight is 475 g/mol. The summed E-state index contributed by atoms with van der Waals surface area (Å²) in [5.41, 5.74) is 2.17. The average Bonchev–Trinajstić information content (AvgIpc) is 2.90. The molecule has 0 aliphatic heterocycles. The zero-order chi connectivity index (χ0) is 24.9. The van der Waals surface area contributed by atoms with Gasteiger partial charge < -0.3 is 4.74 Å². The summed E-state index contributed by atoms with van der Waals surface area (Å²) < 4.78 is 5.81. The van der Waals surface area contributed by atoms with Gasteiger partial charge >= 0.3 is 5.97 Å². The van der Waals surface area contributed by atoms with Crippen LogP contribution in [0.5, 0.6) is 5.75 Å². The van der Waals surface area contributed by atoms with E-state index in [9.17, 15) is 15.3 Å². The van der Waals surface area contributed by atoms with E-state index in [0.29, 0.717) is 11.0 Å². The molecule has 0 saturated heterocycles. The van der Waals surface area contributed by atoms with Gasteiger partial charge in [0.25, 0.3) is 0 Å². The van der Waals surface area contributed by atoms with E-state index in [4.69, 9.17) is 4.74 Å². The van der Waals surface area contributed by atoms with Gasteiger partial charge in [0.15, 0.2) is 0 Å². The molecule has 4 aliphatic rings. The van der Waals surface area contributed by atoms with Crippen LogP contribution in [0.1, 0.15) is 133 Å². The standard InChI is InChI=1S/C31H42N2O2/c1-3-5-6-7-23-8-10-24(11-9-23)29(34)35-28-13-12-27(25(21-32)26(28)22-33)31-18-15-30(14-4-2,16-19-31)17-20-31/h12-13,23-24H,3-11,14-20H2,1-2H3. The van der Waals surface area contributed by atoms with Crippen molar-refractivity contribution in [3.63, 3.8) is 0 Å². The summed E-state index contributed by atoms with van der Waals surface area (Å²) >= 11 is 0. The van der Waals surface area contributed by atoms with Gasteiger partial charge in [-0.15, -0.1) is 0 Å². The van der Waals surface area contributed by atoms with Crippen molar-refractivity contribution in [2.24, 2.45) is 17.3 Å². The van der Waals surface area contributed by atoms with Crippen LogP contribution in [-0.2, 0) is 10.2 Å². The highest BCUT2D eigenvalue weighted by Crippen LogP contribution is 2.60. The van der Waals surface area contributed by atoms with E-state index in [1.807, 2.05) is 6.07 Å². The van der Waals surface area contributed by atoms with E-state index in [0.717, 1.165) is 56.4 Å². The lowest BCUT2D eigenvalue weighted by molar-refractivity contribution is -0.140. The number of unbranched alkanes of at least 4 members (excludes halogenated alkanes) is 2. The number of hydrogen-bond acceptors (Lipinski definition) is 4. The maximum Gasteiger partial charge on any atom is 0.314 e. The number of nitriles is 2. The number of hydrogen-bond donors (Lipinski definition) is 0. The summed E-state index contributed by atoms with van der Waals surface area (Å²) in [6.07, 6.45) is 18.4. The number of nitrogens with zero attached hydrogens (tertiary/aromatic N) is 2. The fourth-order valence-corrected chi connectivity index (χ4v) is 7.47. The molecule has 0 amide bonds. The van der Waals surface area contributed by atoms with Crippen LogP contribution in [0, 0.1) is 39.9 Å². The molecule has 0 radical (unpaired) electrons. The Morgan fingerprint density at radius 3 is 2.14 bits per heavy atom. The number of esters is 1. The van der Waals surface area contributed by atoms with Crippen LogP contribution < -0.4 is 4.74 Å². The Morgan fingerprint density at radius 2 is 1.57 bits per heavy atom. The zero-order valence-corrected chi connectivity index (χ0v) is 21.8. The molecule has 0 atom stereocenters. The first-order chi connectivity index (χ1) is 17.0. The molecule has 4 heteroatoms. The van der Waals surface area contributed by atoms with Crippen LogP contribution in [0.3, 0.4) is 0 Å². The number of ether oxygens (including phenoxy) is 1. The van der Waals surface area contributed by atoms with Crippen molar-refractivity contribution in [3.8, 4) is 17.9 Å². The number of carbonyl (C=O) groups is 1. The summed E-state index contributed by atoms with van der Waals surface area (Å²) in [7, 11) is 0. The fraction of sp³-hybridized carbons (Fsp3) is 0.710. The third-order valence-electron chi connectivity index (χ3n) is 9.75. The topological polar surface area (TPSA) is 73.9 Å². The molecule has 1 aromatic carbocycles. The normalized spacial score (nSPS) is 29.8. The Morgan fingerprint density at radius 1 is 0.914 bits per heavy atom. The Bertz CT molecular complexity index is 966. The molecule has 4 fully saturated rings. The highest BCUT2D eigenvalue weighted by molar-refractivity contribution is 5.76.